The van der Waals surface area contributed by atoms with Gasteiger partial charge >= 0.3 is 6.18 Å². The third-order valence-electron chi connectivity index (χ3n) is 1.87. The lowest BCUT2D eigenvalue weighted by atomic mass is 10.1. The van der Waals surface area contributed by atoms with Gasteiger partial charge in [0.15, 0.2) is 0 Å². The third kappa shape index (κ3) is 1.92. The van der Waals surface area contributed by atoms with Gasteiger partial charge in [-0.15, -0.1) is 0 Å². The van der Waals surface area contributed by atoms with Crippen LogP contribution in [0.4, 0.5) is 24.5 Å². The second-order valence-electron chi connectivity index (χ2n) is 3.02. The molecule has 0 spiro atoms. The zero-order chi connectivity index (χ0) is 10.9. The van der Waals surface area contributed by atoms with Gasteiger partial charge in [0.2, 0.25) is 0 Å². The number of rotatable bonds is 1. The van der Waals surface area contributed by atoms with Crippen molar-refractivity contribution in [2.24, 2.45) is 0 Å². The molecule has 0 fully saturated rings. The van der Waals surface area contributed by atoms with E-state index in [-0.39, 0.29) is 11.4 Å². The van der Waals surface area contributed by atoms with Gasteiger partial charge in [0.1, 0.15) is 0 Å². The van der Waals surface area contributed by atoms with Gasteiger partial charge in [-0.1, -0.05) is 0 Å². The monoisotopic (exact) mass is 204 g/mol. The van der Waals surface area contributed by atoms with Gasteiger partial charge in [-0.05, 0) is 24.6 Å². The highest BCUT2D eigenvalue weighted by Gasteiger charge is 2.34. The fourth-order valence-corrected chi connectivity index (χ4v) is 1.32. The fourth-order valence-electron chi connectivity index (χ4n) is 1.32. The van der Waals surface area contributed by atoms with Gasteiger partial charge in [-0.25, -0.2) is 0 Å². The lowest BCUT2D eigenvalue weighted by Gasteiger charge is -2.15. The molecule has 5 heteroatoms. The number of hydrogen-bond donors (Lipinski definition) is 2. The van der Waals surface area contributed by atoms with E-state index in [2.05, 4.69) is 5.32 Å². The highest BCUT2D eigenvalue weighted by Crippen LogP contribution is 2.38. The van der Waals surface area contributed by atoms with E-state index in [1.165, 1.54) is 13.1 Å². The summed E-state index contributed by atoms with van der Waals surface area (Å²) in [6, 6.07) is 2.57. The summed E-state index contributed by atoms with van der Waals surface area (Å²) in [5, 5.41) is 2.45. The lowest BCUT2D eigenvalue weighted by Crippen LogP contribution is -2.11. The normalized spacial score (nSPS) is 11.5. The van der Waals surface area contributed by atoms with E-state index in [1.54, 1.807) is 6.92 Å². The summed E-state index contributed by atoms with van der Waals surface area (Å²) < 4.78 is 37.5. The molecule has 0 saturated carbocycles. The molecule has 1 aromatic rings. The summed E-state index contributed by atoms with van der Waals surface area (Å²) in [5.74, 6) is 0. The first-order valence-corrected chi connectivity index (χ1v) is 4.01. The van der Waals surface area contributed by atoms with E-state index < -0.39 is 11.7 Å². The van der Waals surface area contributed by atoms with Crippen LogP contribution >= 0.6 is 0 Å². The number of alkyl halides is 3. The second-order valence-corrected chi connectivity index (χ2v) is 3.02. The molecule has 0 aliphatic carbocycles. The zero-order valence-corrected chi connectivity index (χ0v) is 7.87. The van der Waals surface area contributed by atoms with Crippen LogP contribution in [0.2, 0.25) is 0 Å². The van der Waals surface area contributed by atoms with E-state index in [9.17, 15) is 13.2 Å². The quantitative estimate of drug-likeness (QED) is 0.690. The van der Waals surface area contributed by atoms with Gasteiger partial charge in [-0.2, -0.15) is 13.2 Å². The van der Waals surface area contributed by atoms with Crippen LogP contribution in [-0.2, 0) is 6.18 Å². The summed E-state index contributed by atoms with van der Waals surface area (Å²) in [5.41, 5.74) is 5.28. The minimum atomic E-state index is -4.38. The minimum Gasteiger partial charge on any atom is -0.397 e. The van der Waals surface area contributed by atoms with Crippen LogP contribution in [0.5, 0.6) is 0 Å². The van der Waals surface area contributed by atoms with E-state index in [0.717, 1.165) is 6.07 Å². The van der Waals surface area contributed by atoms with Crippen LogP contribution < -0.4 is 11.1 Å². The van der Waals surface area contributed by atoms with Crippen molar-refractivity contribution in [1.29, 1.82) is 0 Å². The largest absolute Gasteiger partial charge is 0.418 e. The molecule has 1 rings (SSSR count). The first-order valence-electron chi connectivity index (χ1n) is 4.01. The Morgan fingerprint density at radius 2 is 1.86 bits per heavy atom. The van der Waals surface area contributed by atoms with E-state index in [4.69, 9.17) is 5.73 Å². The summed E-state index contributed by atoms with van der Waals surface area (Å²) in [6.45, 7) is 1.57. The maximum absolute atomic E-state index is 12.5. The molecule has 0 amide bonds. The molecule has 78 valence electrons. The molecule has 0 aliphatic rings. The van der Waals surface area contributed by atoms with Crippen LogP contribution in [0.1, 0.15) is 11.1 Å². The molecule has 2 nitrogen and oxygen atoms in total. The Bertz CT molecular complexity index is 345. The van der Waals surface area contributed by atoms with Gasteiger partial charge in [0.05, 0.1) is 16.9 Å². The Morgan fingerprint density at radius 1 is 1.29 bits per heavy atom. The van der Waals surface area contributed by atoms with Crippen molar-refractivity contribution in [3.8, 4) is 0 Å². The summed E-state index contributed by atoms with van der Waals surface area (Å²) in [4.78, 5) is 0. The number of halogens is 3. The number of nitrogens with two attached hydrogens (primary N) is 1. The maximum Gasteiger partial charge on any atom is 0.418 e. The predicted molar refractivity (Wildman–Crippen MR) is 50.1 cm³/mol. The summed E-state index contributed by atoms with van der Waals surface area (Å²) in [7, 11) is 1.41. The summed E-state index contributed by atoms with van der Waals surface area (Å²) >= 11 is 0. The molecule has 0 unspecified atom stereocenters. The third-order valence-corrected chi connectivity index (χ3v) is 1.87. The molecular formula is C9H11F3N2. The Hall–Kier alpha value is -1.39. The standard InChI is InChI=1S/C9H11F3N2/c1-5-3-6(9(10,11)12)8(14-2)7(13)4-5/h3-4,14H,13H2,1-2H3. The molecule has 0 bridgehead atoms. The molecular weight excluding hydrogens is 193 g/mol. The summed E-state index contributed by atoms with van der Waals surface area (Å²) in [6.07, 6.45) is -4.38. The highest BCUT2D eigenvalue weighted by atomic mass is 19.4. The van der Waals surface area contributed by atoms with Crippen LogP contribution in [0.25, 0.3) is 0 Å². The Balaban J connectivity index is 3.40. The molecule has 14 heavy (non-hydrogen) atoms. The molecule has 0 aliphatic heterocycles. The Kier molecular flexibility index (Phi) is 2.59. The second kappa shape index (κ2) is 3.40. The molecule has 0 saturated heterocycles. The SMILES string of the molecule is CNc1c(N)cc(C)cc1C(F)(F)F. The smallest absolute Gasteiger partial charge is 0.397 e. The number of aryl methyl sites for hydroxylation is 1. The number of benzene rings is 1. The van der Waals surface area contributed by atoms with Crippen LogP contribution in [-0.4, -0.2) is 7.05 Å². The number of nitrogen functional groups attached to an aromatic ring is 1. The first kappa shape index (κ1) is 10.7. The van der Waals surface area contributed by atoms with Crippen molar-refractivity contribution in [2.75, 3.05) is 18.1 Å². The van der Waals surface area contributed by atoms with Crippen molar-refractivity contribution in [2.45, 2.75) is 13.1 Å². The number of hydrogen-bond acceptors (Lipinski definition) is 2. The zero-order valence-electron chi connectivity index (χ0n) is 7.87. The minimum absolute atomic E-state index is 0.0666. The van der Waals surface area contributed by atoms with E-state index in [0.29, 0.717) is 5.56 Å². The first-order chi connectivity index (χ1) is 6.36. The number of nitrogens with one attached hydrogen (secondary N) is 1. The van der Waals surface area contributed by atoms with E-state index in [1.807, 2.05) is 0 Å². The van der Waals surface area contributed by atoms with Crippen molar-refractivity contribution in [3.05, 3.63) is 23.3 Å². The van der Waals surface area contributed by atoms with Crippen LogP contribution in [0.15, 0.2) is 12.1 Å². The Morgan fingerprint density at radius 3 is 2.29 bits per heavy atom. The van der Waals surface area contributed by atoms with Crippen molar-refractivity contribution < 1.29 is 13.2 Å². The lowest BCUT2D eigenvalue weighted by molar-refractivity contribution is -0.136. The van der Waals surface area contributed by atoms with Gasteiger partial charge in [0.25, 0.3) is 0 Å². The average Bonchev–Trinajstić information content (AvgIpc) is 2.01. The van der Waals surface area contributed by atoms with E-state index >= 15 is 0 Å². The molecule has 3 N–H and O–H groups in total. The van der Waals surface area contributed by atoms with Crippen molar-refractivity contribution in [3.63, 3.8) is 0 Å². The van der Waals surface area contributed by atoms with Crippen LogP contribution in [0.3, 0.4) is 0 Å². The van der Waals surface area contributed by atoms with Gasteiger partial charge in [0, 0.05) is 7.05 Å². The van der Waals surface area contributed by atoms with Crippen molar-refractivity contribution in [1.82, 2.24) is 0 Å². The molecule has 0 heterocycles. The predicted octanol–water partition coefficient (Wildman–Crippen LogP) is 2.64. The topological polar surface area (TPSA) is 38.0 Å². The van der Waals surface area contributed by atoms with Crippen molar-refractivity contribution >= 4 is 11.4 Å². The molecule has 0 atom stereocenters. The van der Waals surface area contributed by atoms with Gasteiger partial charge < -0.3 is 11.1 Å². The highest BCUT2D eigenvalue weighted by molar-refractivity contribution is 5.71. The molecule has 0 radical (unpaired) electrons. The fraction of sp³-hybridized carbons (Fsp3) is 0.333. The van der Waals surface area contributed by atoms with Gasteiger partial charge in [-0.3, -0.25) is 0 Å². The van der Waals surface area contributed by atoms with Crippen LogP contribution in [0, 0.1) is 6.92 Å². The average molecular weight is 204 g/mol. The Labute approximate surface area is 79.9 Å². The molecule has 0 aromatic heterocycles. The maximum atomic E-state index is 12.5. The molecule has 1 aromatic carbocycles. The number of anilines is 2.